The molecule has 2 nitrogen and oxygen atoms in total. The van der Waals surface area contributed by atoms with Gasteiger partial charge in [-0.25, -0.2) is 4.39 Å². The van der Waals surface area contributed by atoms with Crippen molar-refractivity contribution in [3.8, 4) is 0 Å². The number of Topliss-reactive ketones (excluding diaryl/α,β-unsaturated/α-hetero) is 1. The molecule has 0 bridgehead atoms. The van der Waals surface area contributed by atoms with Gasteiger partial charge in [-0.1, -0.05) is 12.1 Å². The number of benzene rings is 1. The number of carbonyl (C=O) groups excluding carboxylic acids is 1. The van der Waals surface area contributed by atoms with Crippen LogP contribution < -0.4 is 0 Å². The lowest BCUT2D eigenvalue weighted by molar-refractivity contribution is -0.116. The van der Waals surface area contributed by atoms with Crippen LogP contribution in [0.3, 0.4) is 0 Å². The highest BCUT2D eigenvalue weighted by Crippen LogP contribution is 2.19. The molecule has 0 N–H and O–H groups in total. The molecule has 1 aromatic rings. The van der Waals surface area contributed by atoms with E-state index in [4.69, 9.17) is 0 Å². The lowest BCUT2D eigenvalue weighted by atomic mass is 10.0. The van der Waals surface area contributed by atoms with E-state index in [1.165, 1.54) is 12.1 Å². The SMILES string of the molecule is CC(=O)CC(=CN(C)C)c1ccc(F)cc1. The summed E-state index contributed by atoms with van der Waals surface area (Å²) in [6.45, 7) is 1.55. The van der Waals surface area contributed by atoms with Crippen molar-refractivity contribution in [2.24, 2.45) is 0 Å². The summed E-state index contributed by atoms with van der Waals surface area (Å²) in [5.74, 6) is -0.173. The molecule has 86 valence electrons. The van der Waals surface area contributed by atoms with Gasteiger partial charge < -0.3 is 4.90 Å². The van der Waals surface area contributed by atoms with Crippen LogP contribution >= 0.6 is 0 Å². The van der Waals surface area contributed by atoms with Gasteiger partial charge in [-0.15, -0.1) is 0 Å². The van der Waals surface area contributed by atoms with Crippen LogP contribution in [0.25, 0.3) is 5.57 Å². The van der Waals surface area contributed by atoms with Gasteiger partial charge in [0.2, 0.25) is 0 Å². The molecule has 3 heteroatoms. The van der Waals surface area contributed by atoms with E-state index < -0.39 is 0 Å². The average molecular weight is 221 g/mol. The van der Waals surface area contributed by atoms with E-state index >= 15 is 0 Å². The Kier molecular flexibility index (Phi) is 4.23. The maximum absolute atomic E-state index is 12.8. The molecule has 0 radical (unpaired) electrons. The fourth-order valence-corrected chi connectivity index (χ4v) is 1.47. The summed E-state index contributed by atoms with van der Waals surface area (Å²) in [6, 6.07) is 6.18. The maximum Gasteiger partial charge on any atom is 0.134 e. The Morgan fingerprint density at radius 1 is 1.31 bits per heavy atom. The molecule has 0 atom stereocenters. The highest BCUT2D eigenvalue weighted by Gasteiger charge is 2.05. The van der Waals surface area contributed by atoms with Crippen LogP contribution in [0, 0.1) is 5.82 Å². The molecule has 0 unspecified atom stereocenters. The highest BCUT2D eigenvalue weighted by molar-refractivity contribution is 5.88. The summed E-state index contributed by atoms with van der Waals surface area (Å²) >= 11 is 0. The Bertz CT molecular complexity index is 393. The Morgan fingerprint density at radius 2 is 1.88 bits per heavy atom. The molecule has 0 amide bonds. The van der Waals surface area contributed by atoms with E-state index in [1.54, 1.807) is 19.1 Å². The first-order valence-electron chi connectivity index (χ1n) is 5.11. The molecule has 1 rings (SSSR count). The zero-order valence-electron chi connectivity index (χ0n) is 9.83. The van der Waals surface area contributed by atoms with Gasteiger partial charge in [0.05, 0.1) is 0 Å². The van der Waals surface area contributed by atoms with Gasteiger partial charge >= 0.3 is 0 Å². The van der Waals surface area contributed by atoms with Gasteiger partial charge in [-0.3, -0.25) is 4.79 Å². The quantitative estimate of drug-likeness (QED) is 0.779. The summed E-state index contributed by atoms with van der Waals surface area (Å²) in [6.07, 6.45) is 2.25. The van der Waals surface area contributed by atoms with Gasteiger partial charge in [0, 0.05) is 26.7 Å². The molecule has 0 heterocycles. The van der Waals surface area contributed by atoms with Crippen molar-refractivity contribution in [2.75, 3.05) is 14.1 Å². The van der Waals surface area contributed by atoms with Gasteiger partial charge in [0.25, 0.3) is 0 Å². The molecule has 0 saturated carbocycles. The first-order chi connectivity index (χ1) is 7.49. The van der Waals surface area contributed by atoms with E-state index in [0.29, 0.717) is 6.42 Å². The first kappa shape index (κ1) is 12.4. The second kappa shape index (κ2) is 5.45. The molecule has 16 heavy (non-hydrogen) atoms. The molecular weight excluding hydrogens is 205 g/mol. The van der Waals surface area contributed by atoms with Crippen LogP contribution in [0.1, 0.15) is 18.9 Å². The summed E-state index contributed by atoms with van der Waals surface area (Å²) in [7, 11) is 3.79. The van der Waals surface area contributed by atoms with Gasteiger partial charge in [0.15, 0.2) is 0 Å². The van der Waals surface area contributed by atoms with E-state index in [9.17, 15) is 9.18 Å². The molecule has 0 spiro atoms. The topological polar surface area (TPSA) is 20.3 Å². The van der Waals surface area contributed by atoms with Gasteiger partial charge in [-0.05, 0) is 30.2 Å². The fraction of sp³-hybridized carbons (Fsp3) is 0.308. The summed E-state index contributed by atoms with van der Waals surface area (Å²) < 4.78 is 12.8. The molecule has 1 aromatic carbocycles. The molecule has 0 saturated heterocycles. The van der Waals surface area contributed by atoms with Crippen LogP contribution in [0.2, 0.25) is 0 Å². The second-order valence-electron chi connectivity index (χ2n) is 4.00. The zero-order chi connectivity index (χ0) is 12.1. The number of nitrogens with zero attached hydrogens (tertiary/aromatic N) is 1. The van der Waals surface area contributed by atoms with E-state index in [2.05, 4.69) is 0 Å². The minimum absolute atomic E-state index is 0.0948. The lowest BCUT2D eigenvalue weighted by Crippen LogP contribution is -2.04. The third-order valence-corrected chi connectivity index (χ3v) is 2.07. The zero-order valence-corrected chi connectivity index (χ0v) is 9.83. The van der Waals surface area contributed by atoms with Crippen molar-refractivity contribution in [3.63, 3.8) is 0 Å². The average Bonchev–Trinajstić information content (AvgIpc) is 2.16. The minimum Gasteiger partial charge on any atom is -0.383 e. The summed E-state index contributed by atoms with van der Waals surface area (Å²) in [4.78, 5) is 13.0. The minimum atomic E-state index is -0.268. The molecule has 0 aromatic heterocycles. The number of halogens is 1. The van der Waals surface area contributed by atoms with Crippen molar-refractivity contribution < 1.29 is 9.18 Å². The van der Waals surface area contributed by atoms with Crippen molar-refractivity contribution in [3.05, 3.63) is 41.8 Å². The van der Waals surface area contributed by atoms with E-state index in [1.807, 2.05) is 25.2 Å². The Hall–Kier alpha value is -1.64. The lowest BCUT2D eigenvalue weighted by Gasteiger charge is -2.11. The molecule has 0 fully saturated rings. The fourth-order valence-electron chi connectivity index (χ4n) is 1.47. The molecule has 0 aliphatic carbocycles. The number of carbonyl (C=O) groups is 1. The Labute approximate surface area is 95.4 Å². The van der Waals surface area contributed by atoms with Crippen LogP contribution in [0.15, 0.2) is 30.5 Å². The van der Waals surface area contributed by atoms with Crippen LogP contribution in [-0.2, 0) is 4.79 Å². The molecular formula is C13H16FNO. The predicted octanol–water partition coefficient (Wildman–Crippen LogP) is 2.71. The van der Waals surface area contributed by atoms with E-state index in [0.717, 1.165) is 11.1 Å². The van der Waals surface area contributed by atoms with Crippen molar-refractivity contribution in [2.45, 2.75) is 13.3 Å². The van der Waals surface area contributed by atoms with Crippen LogP contribution in [-0.4, -0.2) is 24.8 Å². The van der Waals surface area contributed by atoms with Gasteiger partial charge in [0.1, 0.15) is 11.6 Å². The van der Waals surface area contributed by atoms with Crippen molar-refractivity contribution >= 4 is 11.4 Å². The number of hydrogen-bond acceptors (Lipinski definition) is 2. The molecule has 0 aliphatic rings. The maximum atomic E-state index is 12.8. The third-order valence-electron chi connectivity index (χ3n) is 2.07. The second-order valence-corrected chi connectivity index (χ2v) is 4.00. The predicted molar refractivity (Wildman–Crippen MR) is 63.4 cm³/mol. The smallest absolute Gasteiger partial charge is 0.134 e. The van der Waals surface area contributed by atoms with Crippen LogP contribution in [0.5, 0.6) is 0 Å². The van der Waals surface area contributed by atoms with E-state index in [-0.39, 0.29) is 11.6 Å². The van der Waals surface area contributed by atoms with Crippen LogP contribution in [0.4, 0.5) is 4.39 Å². The number of rotatable bonds is 4. The monoisotopic (exact) mass is 221 g/mol. The van der Waals surface area contributed by atoms with Gasteiger partial charge in [-0.2, -0.15) is 0 Å². The normalized spacial score (nSPS) is 11.4. The number of ketones is 1. The Balaban J connectivity index is 3.01. The first-order valence-corrected chi connectivity index (χ1v) is 5.11. The largest absolute Gasteiger partial charge is 0.383 e. The summed E-state index contributed by atoms with van der Waals surface area (Å²) in [5.41, 5.74) is 1.78. The third kappa shape index (κ3) is 3.85. The summed E-state index contributed by atoms with van der Waals surface area (Å²) in [5, 5.41) is 0. The Morgan fingerprint density at radius 3 is 2.31 bits per heavy atom. The highest BCUT2D eigenvalue weighted by atomic mass is 19.1. The number of hydrogen-bond donors (Lipinski definition) is 0. The van der Waals surface area contributed by atoms with Crippen molar-refractivity contribution in [1.29, 1.82) is 0 Å². The molecule has 0 aliphatic heterocycles. The van der Waals surface area contributed by atoms with Crippen molar-refractivity contribution in [1.82, 2.24) is 4.90 Å². The standard InChI is InChI=1S/C13H16FNO/c1-10(16)8-12(9-15(2)3)11-4-6-13(14)7-5-11/h4-7,9H,8H2,1-3H3. The number of allylic oxidation sites excluding steroid dienone is 1.